The average molecular weight is 380 g/mol. The Morgan fingerprint density at radius 2 is 1.96 bits per heavy atom. The van der Waals surface area contributed by atoms with Gasteiger partial charge in [-0.2, -0.15) is 4.98 Å². The number of urea groups is 1. The summed E-state index contributed by atoms with van der Waals surface area (Å²) in [5.74, 6) is 0.326. The number of hydrogen-bond acceptors (Lipinski definition) is 5. The Kier molecular flexibility index (Phi) is 5.12. The van der Waals surface area contributed by atoms with E-state index in [1.807, 2.05) is 44.2 Å². The van der Waals surface area contributed by atoms with Gasteiger partial charge >= 0.3 is 6.03 Å². The molecule has 0 aliphatic carbocycles. The summed E-state index contributed by atoms with van der Waals surface area (Å²) in [6, 6.07) is 9.51. The van der Waals surface area contributed by atoms with Crippen molar-refractivity contribution >= 4 is 34.4 Å². The number of amides is 2. The van der Waals surface area contributed by atoms with Crippen molar-refractivity contribution in [1.82, 2.24) is 20.3 Å². The highest BCUT2D eigenvalue weighted by Crippen LogP contribution is 2.27. The Hall–Kier alpha value is -3.13. The number of nitrogens with zero attached hydrogens (tertiary/aromatic N) is 4. The van der Waals surface area contributed by atoms with E-state index in [4.69, 9.17) is 4.74 Å². The van der Waals surface area contributed by atoms with E-state index in [9.17, 15) is 4.79 Å². The Bertz CT molecular complexity index is 947. The Balaban J connectivity index is 1.67. The summed E-state index contributed by atoms with van der Waals surface area (Å²) in [5.41, 5.74) is 2.51. The molecular weight excluding hydrogens is 356 g/mol. The van der Waals surface area contributed by atoms with E-state index in [2.05, 4.69) is 25.2 Å². The summed E-state index contributed by atoms with van der Waals surface area (Å²) in [6.07, 6.45) is 3.52. The van der Waals surface area contributed by atoms with E-state index >= 15 is 0 Å². The van der Waals surface area contributed by atoms with Crippen LogP contribution in [0.25, 0.3) is 11.0 Å². The van der Waals surface area contributed by atoms with E-state index in [0.717, 1.165) is 37.4 Å². The molecule has 0 unspecified atom stereocenters. The quantitative estimate of drug-likeness (QED) is 0.726. The van der Waals surface area contributed by atoms with Crippen LogP contribution in [0, 0.1) is 0 Å². The fourth-order valence-electron chi connectivity index (χ4n) is 3.21. The molecule has 8 heteroatoms. The first kappa shape index (κ1) is 18.2. The summed E-state index contributed by atoms with van der Waals surface area (Å²) < 4.78 is 5.42. The third-order valence-electron chi connectivity index (χ3n) is 4.59. The smallest absolute Gasteiger partial charge is 0.329 e. The number of hydrogen-bond donors (Lipinski definition) is 2. The maximum atomic E-state index is 12.9. The maximum absolute atomic E-state index is 12.9. The van der Waals surface area contributed by atoms with Crippen LogP contribution in [-0.4, -0.2) is 53.3 Å². The number of ether oxygens (including phenoxy) is 1. The average Bonchev–Trinajstić information content (AvgIpc) is 3.17. The second-order valence-electron chi connectivity index (χ2n) is 7.01. The van der Waals surface area contributed by atoms with Crippen molar-refractivity contribution in [1.29, 1.82) is 0 Å². The third kappa shape index (κ3) is 3.77. The lowest BCUT2D eigenvalue weighted by molar-refractivity contribution is 0.122. The molecule has 146 valence electrons. The van der Waals surface area contributed by atoms with Crippen LogP contribution in [0.5, 0.6) is 0 Å². The Morgan fingerprint density at radius 1 is 1.21 bits per heavy atom. The highest BCUT2D eigenvalue weighted by Gasteiger charge is 2.22. The number of anilines is 3. The topological polar surface area (TPSA) is 86.4 Å². The van der Waals surface area contributed by atoms with Gasteiger partial charge in [0.2, 0.25) is 5.95 Å². The minimum absolute atomic E-state index is 0.00292. The zero-order chi connectivity index (χ0) is 19.5. The molecule has 0 atom stereocenters. The van der Waals surface area contributed by atoms with Crippen molar-refractivity contribution in [3.8, 4) is 0 Å². The summed E-state index contributed by atoms with van der Waals surface area (Å²) in [5, 5.41) is 3.83. The lowest BCUT2D eigenvalue weighted by Gasteiger charge is -2.29. The molecule has 0 bridgehead atoms. The van der Waals surface area contributed by atoms with Gasteiger partial charge in [0.1, 0.15) is 5.65 Å². The molecule has 1 saturated heterocycles. The molecule has 3 heterocycles. The van der Waals surface area contributed by atoms with Crippen molar-refractivity contribution in [2.45, 2.75) is 19.9 Å². The zero-order valence-electron chi connectivity index (χ0n) is 16.1. The molecule has 28 heavy (non-hydrogen) atoms. The van der Waals surface area contributed by atoms with Crippen LogP contribution >= 0.6 is 0 Å². The molecule has 8 nitrogen and oxygen atoms in total. The second kappa shape index (κ2) is 7.85. The van der Waals surface area contributed by atoms with E-state index in [1.54, 1.807) is 12.4 Å². The Labute approximate surface area is 163 Å². The van der Waals surface area contributed by atoms with E-state index in [-0.39, 0.29) is 12.1 Å². The first-order chi connectivity index (χ1) is 13.6. The van der Waals surface area contributed by atoms with E-state index < -0.39 is 0 Å². The lowest BCUT2D eigenvalue weighted by Crippen LogP contribution is -2.41. The molecule has 2 amide bonds. The summed E-state index contributed by atoms with van der Waals surface area (Å²) in [7, 11) is 0. The molecular formula is C20H24N6O2. The zero-order valence-corrected chi connectivity index (χ0v) is 16.1. The molecule has 1 aromatic carbocycles. The first-order valence-corrected chi connectivity index (χ1v) is 9.45. The van der Waals surface area contributed by atoms with Crippen molar-refractivity contribution in [3.63, 3.8) is 0 Å². The molecule has 0 spiro atoms. The van der Waals surface area contributed by atoms with Gasteiger partial charge in [0.15, 0.2) is 0 Å². The molecule has 4 rings (SSSR count). The molecule has 0 saturated carbocycles. The molecule has 0 radical (unpaired) electrons. The van der Waals surface area contributed by atoms with Gasteiger partial charge < -0.3 is 19.9 Å². The van der Waals surface area contributed by atoms with Crippen LogP contribution in [0.1, 0.15) is 13.8 Å². The summed E-state index contributed by atoms with van der Waals surface area (Å²) in [6.45, 7) is 7.04. The summed E-state index contributed by atoms with van der Waals surface area (Å²) in [4.78, 5) is 28.7. The van der Waals surface area contributed by atoms with Gasteiger partial charge in [-0.3, -0.25) is 0 Å². The van der Waals surface area contributed by atoms with Gasteiger partial charge in [-0.25, -0.2) is 14.7 Å². The molecule has 2 aromatic heterocycles. The van der Waals surface area contributed by atoms with Crippen LogP contribution in [0.2, 0.25) is 0 Å². The number of morpholine rings is 1. The van der Waals surface area contributed by atoms with Crippen molar-refractivity contribution in [2.24, 2.45) is 0 Å². The molecule has 3 aromatic rings. The van der Waals surface area contributed by atoms with E-state index in [0.29, 0.717) is 17.3 Å². The van der Waals surface area contributed by atoms with Crippen LogP contribution in [-0.2, 0) is 4.74 Å². The van der Waals surface area contributed by atoms with Crippen LogP contribution in [0.15, 0.2) is 42.7 Å². The maximum Gasteiger partial charge on any atom is 0.329 e. The molecule has 1 aliphatic rings. The van der Waals surface area contributed by atoms with Crippen LogP contribution in [0.4, 0.5) is 22.1 Å². The molecule has 1 aliphatic heterocycles. The fourth-order valence-corrected chi connectivity index (χ4v) is 3.21. The second-order valence-corrected chi connectivity index (χ2v) is 7.01. The highest BCUT2D eigenvalue weighted by atomic mass is 16.5. The first-order valence-electron chi connectivity index (χ1n) is 9.45. The monoisotopic (exact) mass is 380 g/mol. The number of fused-ring (bicyclic) bond motifs is 1. The van der Waals surface area contributed by atoms with Gasteiger partial charge in [-0.15, -0.1) is 0 Å². The number of carbonyl (C=O) groups is 1. The fraction of sp³-hybridized carbons (Fsp3) is 0.350. The normalized spacial score (nSPS) is 14.5. The number of aromatic nitrogens is 3. The van der Waals surface area contributed by atoms with Crippen molar-refractivity contribution in [3.05, 3.63) is 42.7 Å². The minimum atomic E-state index is -0.264. The predicted molar refractivity (Wildman–Crippen MR) is 109 cm³/mol. The highest BCUT2D eigenvalue weighted by molar-refractivity contribution is 5.98. The molecule has 2 N–H and O–H groups in total. The van der Waals surface area contributed by atoms with Gasteiger partial charge in [-0.05, 0) is 44.2 Å². The van der Waals surface area contributed by atoms with Crippen molar-refractivity contribution in [2.75, 3.05) is 36.1 Å². The van der Waals surface area contributed by atoms with Gasteiger partial charge in [0.05, 0.1) is 18.9 Å². The number of H-pyrrole nitrogens is 1. The Morgan fingerprint density at radius 3 is 2.68 bits per heavy atom. The summed E-state index contributed by atoms with van der Waals surface area (Å²) >= 11 is 0. The lowest BCUT2D eigenvalue weighted by atomic mass is 10.2. The van der Waals surface area contributed by atoms with Crippen molar-refractivity contribution < 1.29 is 9.53 Å². The SMILES string of the molecule is CC(C)NC(=O)N(c1ccc(N2CCOCC2)cc1)c1ncc2cc[nH]c2n1. The number of carbonyl (C=O) groups excluding carboxylic acids is 1. The number of nitrogens with one attached hydrogen (secondary N) is 2. The predicted octanol–water partition coefficient (Wildman–Crippen LogP) is 3.05. The largest absolute Gasteiger partial charge is 0.378 e. The van der Waals surface area contributed by atoms with Crippen LogP contribution < -0.4 is 15.1 Å². The number of aromatic amines is 1. The number of rotatable bonds is 4. The molecule has 1 fully saturated rings. The van der Waals surface area contributed by atoms with Crippen LogP contribution in [0.3, 0.4) is 0 Å². The van der Waals surface area contributed by atoms with Gasteiger partial charge in [0.25, 0.3) is 0 Å². The van der Waals surface area contributed by atoms with Gasteiger partial charge in [0, 0.05) is 42.6 Å². The number of benzene rings is 1. The van der Waals surface area contributed by atoms with E-state index in [1.165, 1.54) is 4.90 Å². The minimum Gasteiger partial charge on any atom is -0.378 e. The standard InChI is InChI=1S/C20H24N6O2/c1-14(2)23-20(27)26(19-22-13-15-7-8-21-18(15)24-19)17-5-3-16(4-6-17)25-9-11-28-12-10-25/h3-8,13-14H,9-12H2,1-2H3,(H,23,27)(H,21,22,24). The van der Waals surface area contributed by atoms with Gasteiger partial charge in [-0.1, -0.05) is 0 Å². The third-order valence-corrected chi connectivity index (χ3v) is 4.59.